The number of para-hydroxylation sites is 2. The van der Waals surface area contributed by atoms with Crippen molar-refractivity contribution >= 4 is 55.4 Å². The van der Waals surface area contributed by atoms with Crippen molar-refractivity contribution < 1.29 is 14.0 Å². The molecule has 1 aliphatic rings. The lowest BCUT2D eigenvalue weighted by atomic mass is 9.88. The number of benzene rings is 8. The van der Waals surface area contributed by atoms with E-state index in [-0.39, 0.29) is 0 Å². The van der Waals surface area contributed by atoms with Crippen molar-refractivity contribution in [3.63, 3.8) is 0 Å². The lowest BCUT2D eigenvalue weighted by Crippen LogP contribution is -2.26. The van der Waals surface area contributed by atoms with Crippen LogP contribution in [0.1, 0.15) is 0 Å². The molecule has 0 fully saturated rings. The average Bonchev–Trinajstić information content (AvgIpc) is 3.13. The Morgan fingerprint density at radius 1 is 0.391 bits per heavy atom. The van der Waals surface area contributed by atoms with E-state index in [2.05, 4.69) is 60.7 Å². The van der Waals surface area contributed by atoms with Gasteiger partial charge in [-0.15, -0.1) is 0 Å². The largest absolute Gasteiger partial charge is 0.449 e. The lowest BCUT2D eigenvalue weighted by Gasteiger charge is -2.27. The van der Waals surface area contributed by atoms with Gasteiger partial charge < -0.3 is 14.0 Å². The van der Waals surface area contributed by atoms with E-state index >= 15 is 4.57 Å². The van der Waals surface area contributed by atoms with Crippen molar-refractivity contribution in [1.82, 2.24) is 0 Å². The van der Waals surface area contributed by atoms with Crippen LogP contribution in [0, 0.1) is 0 Å². The molecule has 8 aromatic rings. The van der Waals surface area contributed by atoms with E-state index < -0.39 is 7.14 Å². The van der Waals surface area contributed by atoms with Crippen molar-refractivity contribution in [3.8, 4) is 34.1 Å². The highest BCUT2D eigenvalue weighted by molar-refractivity contribution is 7.86. The maximum atomic E-state index is 16.0. The average molecular weight is 611 g/mol. The molecule has 8 aromatic carbocycles. The maximum Gasteiger partial charge on any atom is 0.177 e. The van der Waals surface area contributed by atoms with Gasteiger partial charge in [-0.2, -0.15) is 0 Å². The first-order valence-corrected chi connectivity index (χ1v) is 17.1. The molecule has 0 bridgehead atoms. The van der Waals surface area contributed by atoms with Gasteiger partial charge >= 0.3 is 0 Å². The van der Waals surface area contributed by atoms with E-state index in [1.165, 1.54) is 0 Å². The predicted molar refractivity (Wildman–Crippen MR) is 190 cm³/mol. The van der Waals surface area contributed by atoms with E-state index in [1.807, 2.05) is 103 Å². The van der Waals surface area contributed by atoms with Gasteiger partial charge in [0, 0.05) is 21.3 Å². The first kappa shape index (κ1) is 26.7. The summed E-state index contributed by atoms with van der Waals surface area (Å²) in [7, 11) is -3.33. The molecular formula is C42H27O3P. The Balaban J connectivity index is 1.42. The molecule has 0 aromatic heterocycles. The number of rotatable bonds is 4. The van der Waals surface area contributed by atoms with Gasteiger partial charge in [-0.25, -0.2) is 0 Å². The van der Waals surface area contributed by atoms with Crippen molar-refractivity contribution in [2.24, 2.45) is 0 Å². The quantitative estimate of drug-likeness (QED) is 0.147. The molecule has 0 atom stereocenters. The Kier molecular flexibility index (Phi) is 6.09. The van der Waals surface area contributed by atoms with Crippen LogP contribution in [0.4, 0.5) is 0 Å². The molecule has 0 spiro atoms. The van der Waals surface area contributed by atoms with Crippen molar-refractivity contribution in [3.05, 3.63) is 164 Å². The van der Waals surface area contributed by atoms with Crippen molar-refractivity contribution in [1.29, 1.82) is 0 Å². The first-order valence-electron chi connectivity index (χ1n) is 15.4. The molecule has 9 rings (SSSR count). The van der Waals surface area contributed by atoms with Crippen LogP contribution in [0.2, 0.25) is 0 Å². The van der Waals surface area contributed by atoms with E-state index in [0.29, 0.717) is 23.0 Å². The zero-order valence-electron chi connectivity index (χ0n) is 24.8. The molecule has 218 valence electrons. The summed E-state index contributed by atoms with van der Waals surface area (Å²) >= 11 is 0. The van der Waals surface area contributed by atoms with Crippen LogP contribution < -0.4 is 25.4 Å². The highest BCUT2D eigenvalue weighted by Crippen LogP contribution is 2.54. The fraction of sp³-hybridized carbons (Fsp3) is 0. The zero-order valence-corrected chi connectivity index (χ0v) is 25.7. The molecule has 0 radical (unpaired) electrons. The third-order valence-corrected chi connectivity index (χ3v) is 12.1. The summed E-state index contributed by atoms with van der Waals surface area (Å²) < 4.78 is 28.9. The topological polar surface area (TPSA) is 35.5 Å². The summed E-state index contributed by atoms with van der Waals surface area (Å²) in [5.41, 5.74) is 2.11. The number of fused-ring (bicyclic) bond motifs is 6. The summed E-state index contributed by atoms with van der Waals surface area (Å²) in [5, 5.41) is 8.52. The van der Waals surface area contributed by atoms with Crippen LogP contribution >= 0.6 is 7.14 Å². The van der Waals surface area contributed by atoms with Gasteiger partial charge in [0.2, 0.25) is 0 Å². The fourth-order valence-electron chi connectivity index (χ4n) is 6.98. The van der Waals surface area contributed by atoms with Crippen molar-refractivity contribution in [2.75, 3.05) is 0 Å². The fourth-order valence-corrected chi connectivity index (χ4v) is 10.0. The molecule has 4 heteroatoms. The minimum Gasteiger partial charge on any atom is -0.449 e. The minimum atomic E-state index is -3.33. The second kappa shape index (κ2) is 10.5. The van der Waals surface area contributed by atoms with E-state index in [0.717, 1.165) is 59.4 Å². The summed E-state index contributed by atoms with van der Waals surface area (Å²) in [6.45, 7) is 0. The molecule has 46 heavy (non-hydrogen) atoms. The van der Waals surface area contributed by atoms with Gasteiger partial charge in [0.05, 0.1) is 0 Å². The molecule has 0 amide bonds. The zero-order chi connectivity index (χ0) is 30.7. The second-order valence-corrected chi connectivity index (χ2v) is 14.2. The molecule has 1 heterocycles. The third-order valence-electron chi connectivity index (χ3n) is 8.97. The first-order chi connectivity index (χ1) is 22.7. The Labute approximate surface area is 266 Å². The van der Waals surface area contributed by atoms with Gasteiger partial charge in [-0.05, 0) is 56.3 Å². The van der Waals surface area contributed by atoms with Crippen LogP contribution in [-0.4, -0.2) is 0 Å². The van der Waals surface area contributed by atoms with Crippen LogP contribution in [0.5, 0.6) is 23.0 Å². The SMILES string of the molecule is O=P(c1ccccc1)(c1ccccc1)c1c2ccccc2c(-c2cc3c(c4ccccc24)Oc2ccccc2O3)c2ccccc12. The number of hydrogen-bond acceptors (Lipinski definition) is 3. The summed E-state index contributed by atoms with van der Waals surface area (Å²) in [4.78, 5) is 0. The van der Waals surface area contributed by atoms with E-state index in [9.17, 15) is 0 Å². The lowest BCUT2D eigenvalue weighted by molar-refractivity contribution is 0.363. The van der Waals surface area contributed by atoms with Gasteiger partial charge in [0.15, 0.2) is 30.1 Å². The number of hydrogen-bond donors (Lipinski definition) is 0. The monoisotopic (exact) mass is 610 g/mol. The minimum absolute atomic E-state index is 0.670. The van der Waals surface area contributed by atoms with Gasteiger partial charge in [0.1, 0.15) is 0 Å². The van der Waals surface area contributed by atoms with E-state index in [4.69, 9.17) is 9.47 Å². The van der Waals surface area contributed by atoms with Crippen LogP contribution in [-0.2, 0) is 4.57 Å². The standard InChI is InChI=1S/C42H27O3P/c43-46(28-15-3-1-4-16-28,29-17-5-2-6-18-29)42-34-23-11-8-20-31(34)40(32-21-9-12-24-35(32)42)36-27-39-41(33-22-10-7-19-30(33)36)45-38-26-14-13-25-37(38)44-39/h1-27H. The highest BCUT2D eigenvalue weighted by Gasteiger charge is 2.34. The molecule has 0 N–H and O–H groups in total. The Hall–Kier alpha value is -5.63. The van der Waals surface area contributed by atoms with Crippen LogP contribution in [0.25, 0.3) is 43.4 Å². The van der Waals surface area contributed by atoms with Gasteiger partial charge in [-0.3, -0.25) is 0 Å². The molecule has 0 saturated heterocycles. The Bertz CT molecular complexity index is 2400. The maximum absolute atomic E-state index is 16.0. The number of ether oxygens (including phenoxy) is 2. The summed E-state index contributed by atoms with van der Waals surface area (Å²) in [6, 6.07) is 54.8. The normalized spacial score (nSPS) is 12.3. The Morgan fingerprint density at radius 2 is 0.826 bits per heavy atom. The smallest absolute Gasteiger partial charge is 0.177 e. The van der Waals surface area contributed by atoms with E-state index in [1.54, 1.807) is 0 Å². The molecule has 3 nitrogen and oxygen atoms in total. The molecule has 0 saturated carbocycles. The molecule has 1 aliphatic heterocycles. The molecule has 0 aliphatic carbocycles. The summed E-state index contributed by atoms with van der Waals surface area (Å²) in [6.07, 6.45) is 0. The molecule has 0 unspecified atom stereocenters. The predicted octanol–water partition coefficient (Wildman–Crippen LogP) is 10.4. The van der Waals surface area contributed by atoms with Gasteiger partial charge in [-0.1, -0.05) is 146 Å². The molecular weight excluding hydrogens is 583 g/mol. The summed E-state index contributed by atoms with van der Waals surface area (Å²) in [5.74, 6) is 2.77. The second-order valence-electron chi connectivity index (χ2n) is 11.5. The highest BCUT2D eigenvalue weighted by atomic mass is 31.2. The Morgan fingerprint density at radius 3 is 1.39 bits per heavy atom. The third kappa shape index (κ3) is 3.96. The van der Waals surface area contributed by atoms with Crippen molar-refractivity contribution in [2.45, 2.75) is 0 Å². The van der Waals surface area contributed by atoms with Gasteiger partial charge in [0.25, 0.3) is 0 Å². The van der Waals surface area contributed by atoms with Crippen LogP contribution in [0.15, 0.2) is 164 Å². The van der Waals surface area contributed by atoms with Crippen LogP contribution in [0.3, 0.4) is 0 Å².